The van der Waals surface area contributed by atoms with Crippen LogP contribution in [0.15, 0.2) is 18.5 Å². The van der Waals surface area contributed by atoms with Crippen LogP contribution in [0.3, 0.4) is 0 Å². The molecule has 1 aromatic heterocycles. The van der Waals surface area contributed by atoms with Crippen molar-refractivity contribution in [2.75, 3.05) is 31.6 Å². The van der Waals surface area contributed by atoms with E-state index in [1.165, 1.54) is 11.3 Å². The number of piperazine rings is 1. The van der Waals surface area contributed by atoms with Crippen LogP contribution in [-0.2, 0) is 6.54 Å². The molecule has 4 nitrogen and oxygen atoms in total. The molecule has 1 fully saturated rings. The summed E-state index contributed by atoms with van der Waals surface area (Å²) in [6.07, 6.45) is 3.93. The maximum atomic E-state index is 4.35. The minimum absolute atomic E-state index is 0.574. The molecule has 1 N–H and O–H groups in total. The molecule has 118 valence electrons. The largest absolute Gasteiger partial charge is 0.367 e. The van der Waals surface area contributed by atoms with E-state index in [0.717, 1.165) is 26.2 Å². The summed E-state index contributed by atoms with van der Waals surface area (Å²) < 4.78 is 0. The van der Waals surface area contributed by atoms with Gasteiger partial charge in [-0.05, 0) is 45.0 Å². The quantitative estimate of drug-likeness (QED) is 0.902. The number of nitrogens with one attached hydrogen (secondary N) is 1. The molecule has 0 spiro atoms. The second kappa shape index (κ2) is 7.23. The third-order valence-electron chi connectivity index (χ3n) is 4.46. The minimum atomic E-state index is 0.574. The Morgan fingerprint density at radius 1 is 1.29 bits per heavy atom. The van der Waals surface area contributed by atoms with Crippen LogP contribution in [0, 0.1) is 5.92 Å². The Morgan fingerprint density at radius 3 is 2.57 bits per heavy atom. The van der Waals surface area contributed by atoms with Crippen molar-refractivity contribution in [3.63, 3.8) is 0 Å². The van der Waals surface area contributed by atoms with Crippen LogP contribution in [0.4, 0.5) is 5.69 Å². The Labute approximate surface area is 129 Å². The normalized spacial score (nSPS) is 23.8. The van der Waals surface area contributed by atoms with Crippen LogP contribution in [0.5, 0.6) is 0 Å². The van der Waals surface area contributed by atoms with Gasteiger partial charge in [-0.2, -0.15) is 0 Å². The average molecular weight is 290 g/mol. The molecule has 1 aliphatic heterocycles. The first-order valence-corrected chi connectivity index (χ1v) is 8.09. The number of pyridine rings is 1. The maximum absolute atomic E-state index is 4.35. The SMILES string of the molecule is CC(C)CNCc1ccncc1N1CC(C)N(C)C(C)C1. The molecule has 21 heavy (non-hydrogen) atoms. The summed E-state index contributed by atoms with van der Waals surface area (Å²) in [5.74, 6) is 0.680. The van der Waals surface area contributed by atoms with Crippen molar-refractivity contribution in [3.8, 4) is 0 Å². The first-order chi connectivity index (χ1) is 9.99. The number of aromatic nitrogens is 1. The van der Waals surface area contributed by atoms with Gasteiger partial charge >= 0.3 is 0 Å². The number of nitrogens with zero attached hydrogens (tertiary/aromatic N) is 3. The molecule has 1 aromatic rings. The lowest BCUT2D eigenvalue weighted by atomic mass is 10.1. The van der Waals surface area contributed by atoms with Crippen LogP contribution < -0.4 is 10.2 Å². The van der Waals surface area contributed by atoms with E-state index in [1.807, 2.05) is 12.4 Å². The van der Waals surface area contributed by atoms with Crippen molar-refractivity contribution in [1.29, 1.82) is 0 Å². The summed E-state index contributed by atoms with van der Waals surface area (Å²) in [5.41, 5.74) is 2.65. The van der Waals surface area contributed by atoms with E-state index in [4.69, 9.17) is 0 Å². The van der Waals surface area contributed by atoms with Gasteiger partial charge in [0.1, 0.15) is 0 Å². The van der Waals surface area contributed by atoms with Crippen molar-refractivity contribution in [2.24, 2.45) is 5.92 Å². The lowest BCUT2D eigenvalue weighted by molar-refractivity contribution is 0.170. The molecule has 1 saturated heterocycles. The zero-order valence-corrected chi connectivity index (χ0v) is 14.1. The molecule has 1 aliphatic rings. The van der Waals surface area contributed by atoms with Crippen LogP contribution in [-0.4, -0.2) is 48.6 Å². The van der Waals surface area contributed by atoms with Gasteiger partial charge < -0.3 is 10.2 Å². The van der Waals surface area contributed by atoms with Crippen LogP contribution in [0.1, 0.15) is 33.3 Å². The van der Waals surface area contributed by atoms with Gasteiger partial charge in [-0.15, -0.1) is 0 Å². The Morgan fingerprint density at radius 2 is 1.95 bits per heavy atom. The fourth-order valence-corrected chi connectivity index (χ4v) is 2.95. The van der Waals surface area contributed by atoms with Gasteiger partial charge in [-0.25, -0.2) is 0 Å². The van der Waals surface area contributed by atoms with Crippen molar-refractivity contribution < 1.29 is 0 Å². The number of anilines is 1. The standard InChI is InChI=1S/C17H30N4/c1-13(2)8-19-9-16-6-7-18-10-17(16)21-11-14(3)20(5)15(4)12-21/h6-7,10,13-15,19H,8-9,11-12H2,1-5H3. The number of likely N-dealkylation sites (N-methyl/N-ethyl adjacent to an activating group) is 1. The lowest BCUT2D eigenvalue weighted by Gasteiger charge is -2.44. The Balaban J connectivity index is 2.08. The van der Waals surface area contributed by atoms with E-state index >= 15 is 0 Å². The van der Waals surface area contributed by atoms with Crippen LogP contribution >= 0.6 is 0 Å². The zero-order valence-electron chi connectivity index (χ0n) is 14.1. The fraction of sp³-hybridized carbons (Fsp3) is 0.706. The molecule has 0 aliphatic carbocycles. The minimum Gasteiger partial charge on any atom is -0.367 e. The number of hydrogen-bond donors (Lipinski definition) is 1. The van der Waals surface area contributed by atoms with Gasteiger partial charge in [-0.3, -0.25) is 9.88 Å². The van der Waals surface area contributed by atoms with Gasteiger partial charge in [0.25, 0.3) is 0 Å². The second-order valence-corrected chi connectivity index (χ2v) is 6.80. The summed E-state index contributed by atoms with van der Waals surface area (Å²) in [5, 5.41) is 3.55. The fourth-order valence-electron chi connectivity index (χ4n) is 2.95. The topological polar surface area (TPSA) is 31.4 Å². The van der Waals surface area contributed by atoms with E-state index in [-0.39, 0.29) is 0 Å². The van der Waals surface area contributed by atoms with E-state index in [9.17, 15) is 0 Å². The molecule has 0 radical (unpaired) electrons. The first kappa shape index (κ1) is 16.2. The van der Waals surface area contributed by atoms with E-state index in [0.29, 0.717) is 18.0 Å². The number of hydrogen-bond acceptors (Lipinski definition) is 4. The monoisotopic (exact) mass is 290 g/mol. The number of rotatable bonds is 5. The average Bonchev–Trinajstić information content (AvgIpc) is 2.44. The molecule has 4 heteroatoms. The predicted molar refractivity (Wildman–Crippen MR) is 89.7 cm³/mol. The third kappa shape index (κ3) is 4.17. The summed E-state index contributed by atoms with van der Waals surface area (Å²) in [6, 6.07) is 3.30. The predicted octanol–water partition coefficient (Wildman–Crippen LogP) is 2.36. The van der Waals surface area contributed by atoms with Gasteiger partial charge in [0.15, 0.2) is 0 Å². The smallest absolute Gasteiger partial charge is 0.0599 e. The molecule has 2 atom stereocenters. The van der Waals surface area contributed by atoms with E-state index in [1.54, 1.807) is 0 Å². The van der Waals surface area contributed by atoms with E-state index < -0.39 is 0 Å². The highest BCUT2D eigenvalue weighted by atomic mass is 15.3. The zero-order chi connectivity index (χ0) is 15.4. The first-order valence-electron chi connectivity index (χ1n) is 8.09. The van der Waals surface area contributed by atoms with Gasteiger partial charge in [0.05, 0.1) is 11.9 Å². The Bertz CT molecular complexity index is 434. The van der Waals surface area contributed by atoms with E-state index in [2.05, 4.69) is 60.9 Å². The Kier molecular flexibility index (Phi) is 5.59. The third-order valence-corrected chi connectivity index (χ3v) is 4.46. The molecule has 0 aromatic carbocycles. The van der Waals surface area contributed by atoms with Gasteiger partial charge in [-0.1, -0.05) is 13.8 Å². The lowest BCUT2D eigenvalue weighted by Crippen LogP contribution is -2.55. The van der Waals surface area contributed by atoms with Gasteiger partial charge in [0, 0.05) is 37.9 Å². The molecular weight excluding hydrogens is 260 g/mol. The Hall–Kier alpha value is -1.13. The maximum Gasteiger partial charge on any atom is 0.0599 e. The highest BCUT2D eigenvalue weighted by Crippen LogP contribution is 2.24. The van der Waals surface area contributed by atoms with Crippen molar-refractivity contribution in [2.45, 2.75) is 46.3 Å². The molecular formula is C17H30N4. The van der Waals surface area contributed by atoms with Gasteiger partial charge in [0.2, 0.25) is 0 Å². The molecule has 2 rings (SSSR count). The van der Waals surface area contributed by atoms with Crippen molar-refractivity contribution in [3.05, 3.63) is 24.0 Å². The molecule has 2 unspecified atom stereocenters. The second-order valence-electron chi connectivity index (χ2n) is 6.80. The summed E-state index contributed by atoms with van der Waals surface area (Å²) in [6.45, 7) is 13.2. The van der Waals surface area contributed by atoms with Crippen molar-refractivity contribution >= 4 is 5.69 Å². The summed E-state index contributed by atoms with van der Waals surface area (Å²) in [4.78, 5) is 9.31. The summed E-state index contributed by atoms with van der Waals surface area (Å²) >= 11 is 0. The van der Waals surface area contributed by atoms with Crippen molar-refractivity contribution in [1.82, 2.24) is 15.2 Å². The molecule has 0 bridgehead atoms. The molecule has 0 saturated carbocycles. The molecule has 2 heterocycles. The van der Waals surface area contributed by atoms with Crippen LogP contribution in [0.25, 0.3) is 0 Å². The highest BCUT2D eigenvalue weighted by molar-refractivity contribution is 5.52. The highest BCUT2D eigenvalue weighted by Gasteiger charge is 2.27. The summed E-state index contributed by atoms with van der Waals surface area (Å²) in [7, 11) is 2.22. The molecule has 0 amide bonds. The van der Waals surface area contributed by atoms with Crippen LogP contribution in [0.2, 0.25) is 0 Å².